The van der Waals surface area contributed by atoms with Crippen LogP contribution in [0.4, 0.5) is 10.6 Å². The van der Waals surface area contributed by atoms with Gasteiger partial charge in [-0.15, -0.1) is 0 Å². The molecule has 0 aromatic carbocycles. The Morgan fingerprint density at radius 3 is 2.73 bits per heavy atom. The van der Waals surface area contributed by atoms with Crippen LogP contribution in [0, 0.1) is 0 Å². The Bertz CT molecular complexity index is 808. The van der Waals surface area contributed by atoms with Crippen molar-refractivity contribution in [2.75, 3.05) is 25.0 Å². The maximum absolute atomic E-state index is 12.1. The molecule has 0 bridgehead atoms. The van der Waals surface area contributed by atoms with E-state index in [-0.39, 0.29) is 6.10 Å². The van der Waals surface area contributed by atoms with Crippen molar-refractivity contribution in [2.24, 2.45) is 0 Å². The fourth-order valence-electron chi connectivity index (χ4n) is 4.93. The lowest BCUT2D eigenvalue weighted by molar-refractivity contribution is -0.139. The van der Waals surface area contributed by atoms with E-state index in [4.69, 9.17) is 9.72 Å². The zero-order valence-electron chi connectivity index (χ0n) is 19.6. The molecule has 2 heterocycles. The Kier molecular flexibility index (Phi) is 8.42. The lowest BCUT2D eigenvalue weighted by atomic mass is 10.1. The van der Waals surface area contributed by atoms with E-state index in [0.717, 1.165) is 76.0 Å². The molecule has 2 fully saturated rings. The molecule has 3 aliphatic rings. The third-order valence-electron chi connectivity index (χ3n) is 7.01. The van der Waals surface area contributed by atoms with Crippen LogP contribution in [0.3, 0.4) is 0 Å². The Balaban J connectivity index is 1.18. The number of aryl methyl sites for hydroxylation is 2. The monoisotopic (exact) mass is 458 g/mol. The van der Waals surface area contributed by atoms with Gasteiger partial charge in [-0.1, -0.05) is 6.07 Å². The van der Waals surface area contributed by atoms with E-state index in [2.05, 4.69) is 27.7 Å². The number of unbranched alkanes of at least 4 members (excludes halogenated alkanes) is 1. The van der Waals surface area contributed by atoms with Gasteiger partial charge in [0.05, 0.1) is 0 Å². The number of carboxylic acid groups (broad SMARTS) is 1. The number of hydrogen-bond donors (Lipinski definition) is 3. The third-order valence-corrected chi connectivity index (χ3v) is 7.01. The molecule has 1 aromatic rings. The summed E-state index contributed by atoms with van der Waals surface area (Å²) in [6.07, 6.45) is 11.3. The number of carboxylic acids is 1. The minimum absolute atomic E-state index is 0.0669. The molecule has 2 saturated carbocycles. The summed E-state index contributed by atoms with van der Waals surface area (Å²) in [5, 5.41) is 15.5. The molecule has 33 heavy (non-hydrogen) atoms. The van der Waals surface area contributed by atoms with Gasteiger partial charge in [0.15, 0.2) is 0 Å². The standard InChI is InChI=1S/C25H38N4O4/c30-24(31)22(28-25(32)33-21-8-1-2-9-21)14-17-29(20-12-13-20)16-4-3-7-19-11-10-18-6-5-15-26-23(18)27-19/h10-11,20-22H,1-9,12-17H2,(H,26,27)(H,28,32)(H,30,31). The maximum Gasteiger partial charge on any atom is 0.408 e. The van der Waals surface area contributed by atoms with Crippen LogP contribution in [0.5, 0.6) is 0 Å². The fraction of sp³-hybridized carbons (Fsp3) is 0.720. The molecule has 182 valence electrons. The van der Waals surface area contributed by atoms with Crippen molar-refractivity contribution in [3.8, 4) is 0 Å². The number of aromatic nitrogens is 1. The number of ether oxygens (including phenoxy) is 1. The highest BCUT2D eigenvalue weighted by Crippen LogP contribution is 2.28. The third kappa shape index (κ3) is 7.32. The predicted octanol–water partition coefficient (Wildman–Crippen LogP) is 3.74. The number of carbonyl (C=O) groups is 2. The first kappa shape index (κ1) is 23.8. The number of alkyl carbamates (subject to hydrolysis) is 1. The molecule has 0 saturated heterocycles. The molecule has 1 unspecified atom stereocenters. The Morgan fingerprint density at radius 1 is 1.15 bits per heavy atom. The van der Waals surface area contributed by atoms with E-state index in [9.17, 15) is 14.7 Å². The van der Waals surface area contributed by atoms with Gasteiger partial charge in [-0.25, -0.2) is 14.6 Å². The van der Waals surface area contributed by atoms with Crippen molar-refractivity contribution in [3.05, 3.63) is 23.4 Å². The van der Waals surface area contributed by atoms with Crippen LogP contribution in [0.2, 0.25) is 0 Å². The smallest absolute Gasteiger partial charge is 0.408 e. The van der Waals surface area contributed by atoms with Crippen molar-refractivity contribution < 1.29 is 19.4 Å². The van der Waals surface area contributed by atoms with E-state index >= 15 is 0 Å². The topological polar surface area (TPSA) is 104 Å². The second-order valence-corrected chi connectivity index (χ2v) is 9.70. The highest BCUT2D eigenvalue weighted by Gasteiger charge is 2.30. The van der Waals surface area contributed by atoms with Crippen LogP contribution in [-0.4, -0.2) is 64.9 Å². The maximum atomic E-state index is 12.1. The largest absolute Gasteiger partial charge is 0.480 e. The summed E-state index contributed by atoms with van der Waals surface area (Å²) in [6, 6.07) is 4.00. The van der Waals surface area contributed by atoms with E-state index in [1.165, 1.54) is 24.8 Å². The van der Waals surface area contributed by atoms with Crippen LogP contribution in [0.25, 0.3) is 0 Å². The molecule has 0 radical (unpaired) electrons. The molecule has 1 amide bonds. The van der Waals surface area contributed by atoms with Crippen LogP contribution < -0.4 is 10.6 Å². The van der Waals surface area contributed by atoms with Gasteiger partial charge in [-0.3, -0.25) is 0 Å². The van der Waals surface area contributed by atoms with Crippen LogP contribution in [0.1, 0.15) is 75.5 Å². The van der Waals surface area contributed by atoms with Crippen molar-refractivity contribution >= 4 is 17.9 Å². The number of pyridine rings is 1. The number of anilines is 1. The molecule has 4 rings (SSSR count). The minimum atomic E-state index is -0.999. The SMILES string of the molecule is O=C(NC(CCN(CCCCc1ccc2c(n1)NCCC2)C1CC1)C(=O)O)OC1CCCC1. The fourth-order valence-corrected chi connectivity index (χ4v) is 4.93. The van der Waals surface area contributed by atoms with Gasteiger partial charge in [-0.05, 0) is 95.2 Å². The summed E-state index contributed by atoms with van der Waals surface area (Å²) in [5.74, 6) is 0.0539. The summed E-state index contributed by atoms with van der Waals surface area (Å²) in [5.41, 5.74) is 2.45. The van der Waals surface area contributed by atoms with Gasteiger partial charge in [0, 0.05) is 24.8 Å². The van der Waals surface area contributed by atoms with Gasteiger partial charge in [-0.2, -0.15) is 0 Å². The molecule has 2 aliphatic carbocycles. The van der Waals surface area contributed by atoms with E-state index in [1.54, 1.807) is 0 Å². The Labute approximate surface area is 196 Å². The summed E-state index contributed by atoms with van der Waals surface area (Å²) in [4.78, 5) is 31.0. The number of nitrogens with one attached hydrogen (secondary N) is 2. The number of nitrogens with zero attached hydrogens (tertiary/aromatic N) is 2. The second-order valence-electron chi connectivity index (χ2n) is 9.70. The Morgan fingerprint density at radius 2 is 1.97 bits per heavy atom. The predicted molar refractivity (Wildman–Crippen MR) is 126 cm³/mol. The molecular weight excluding hydrogens is 420 g/mol. The molecule has 3 N–H and O–H groups in total. The first-order chi connectivity index (χ1) is 16.1. The molecule has 1 atom stereocenters. The zero-order valence-corrected chi connectivity index (χ0v) is 19.6. The molecule has 1 aliphatic heterocycles. The number of carbonyl (C=O) groups excluding carboxylic acids is 1. The lowest BCUT2D eigenvalue weighted by Crippen LogP contribution is -2.44. The van der Waals surface area contributed by atoms with Gasteiger partial charge in [0.25, 0.3) is 0 Å². The number of hydrogen-bond acceptors (Lipinski definition) is 6. The highest BCUT2D eigenvalue weighted by atomic mass is 16.6. The summed E-state index contributed by atoms with van der Waals surface area (Å²) < 4.78 is 5.38. The highest BCUT2D eigenvalue weighted by molar-refractivity contribution is 5.79. The quantitative estimate of drug-likeness (QED) is 0.410. The van der Waals surface area contributed by atoms with Crippen LogP contribution in [0.15, 0.2) is 12.1 Å². The number of amides is 1. The molecular formula is C25H38N4O4. The van der Waals surface area contributed by atoms with Gasteiger partial charge >= 0.3 is 12.1 Å². The van der Waals surface area contributed by atoms with Crippen LogP contribution in [-0.2, 0) is 22.4 Å². The second kappa shape index (κ2) is 11.7. The van der Waals surface area contributed by atoms with Gasteiger partial charge in [0.2, 0.25) is 0 Å². The Hall–Kier alpha value is -2.35. The first-order valence-corrected chi connectivity index (χ1v) is 12.7. The minimum Gasteiger partial charge on any atom is -0.480 e. The average molecular weight is 459 g/mol. The molecule has 8 nitrogen and oxygen atoms in total. The van der Waals surface area contributed by atoms with Crippen molar-refractivity contribution in [3.63, 3.8) is 0 Å². The van der Waals surface area contributed by atoms with E-state index in [1.807, 2.05) is 0 Å². The normalized spacial score (nSPS) is 19.1. The molecule has 1 aromatic heterocycles. The summed E-state index contributed by atoms with van der Waals surface area (Å²) in [6.45, 7) is 2.63. The zero-order chi connectivity index (χ0) is 23.0. The number of rotatable bonds is 12. The average Bonchev–Trinajstić information content (AvgIpc) is 3.53. The van der Waals surface area contributed by atoms with Gasteiger partial charge < -0.3 is 25.4 Å². The number of aliphatic carboxylic acids is 1. The van der Waals surface area contributed by atoms with E-state index in [0.29, 0.717) is 19.0 Å². The first-order valence-electron chi connectivity index (χ1n) is 12.7. The lowest BCUT2D eigenvalue weighted by Gasteiger charge is -2.24. The summed E-state index contributed by atoms with van der Waals surface area (Å²) in [7, 11) is 0. The van der Waals surface area contributed by atoms with Gasteiger partial charge in [0.1, 0.15) is 18.0 Å². The van der Waals surface area contributed by atoms with Crippen molar-refractivity contribution in [1.82, 2.24) is 15.2 Å². The molecule has 8 heteroatoms. The van der Waals surface area contributed by atoms with Crippen LogP contribution >= 0.6 is 0 Å². The van der Waals surface area contributed by atoms with E-state index < -0.39 is 18.1 Å². The summed E-state index contributed by atoms with van der Waals surface area (Å²) >= 11 is 0. The number of fused-ring (bicyclic) bond motifs is 1. The van der Waals surface area contributed by atoms with Crippen molar-refractivity contribution in [2.45, 2.75) is 95.2 Å². The molecule has 0 spiro atoms. The van der Waals surface area contributed by atoms with Crippen molar-refractivity contribution in [1.29, 1.82) is 0 Å².